The minimum Gasteiger partial charge on any atom is -0.340 e. The zero-order valence-electron chi connectivity index (χ0n) is 12.9. The van der Waals surface area contributed by atoms with Crippen LogP contribution in [0.2, 0.25) is 0 Å². The van der Waals surface area contributed by atoms with Crippen molar-refractivity contribution >= 4 is 34.1 Å². The first-order valence-corrected chi connectivity index (χ1v) is 7.44. The summed E-state index contributed by atoms with van der Waals surface area (Å²) < 4.78 is 1.72. The van der Waals surface area contributed by atoms with Gasteiger partial charge in [-0.1, -0.05) is 0 Å². The molecule has 0 saturated carbocycles. The Bertz CT molecular complexity index is 916. The predicted octanol–water partition coefficient (Wildman–Crippen LogP) is 2.02. The number of benzene rings is 1. The number of aromatic nitrogens is 4. The summed E-state index contributed by atoms with van der Waals surface area (Å²) in [4.78, 5) is 22.0. The van der Waals surface area contributed by atoms with Crippen LogP contribution in [0.25, 0.3) is 11.0 Å². The van der Waals surface area contributed by atoms with Crippen molar-refractivity contribution in [1.82, 2.24) is 19.7 Å². The highest BCUT2D eigenvalue weighted by Crippen LogP contribution is 2.32. The summed E-state index contributed by atoms with van der Waals surface area (Å²) in [7, 11) is 1.85. The molecule has 0 radical (unpaired) electrons. The monoisotopic (exact) mass is 308 g/mol. The number of nitrogens with zero attached hydrogens (tertiary/aromatic N) is 5. The Kier molecular flexibility index (Phi) is 3.00. The van der Waals surface area contributed by atoms with Gasteiger partial charge in [0.05, 0.1) is 11.6 Å². The lowest BCUT2D eigenvalue weighted by Gasteiger charge is -2.15. The minimum atomic E-state index is 0.0809. The van der Waals surface area contributed by atoms with Gasteiger partial charge in [-0.25, -0.2) is 9.97 Å². The van der Waals surface area contributed by atoms with Crippen molar-refractivity contribution in [2.75, 3.05) is 16.8 Å². The molecule has 0 bridgehead atoms. The van der Waals surface area contributed by atoms with Gasteiger partial charge in [-0.2, -0.15) is 5.10 Å². The predicted molar refractivity (Wildman–Crippen MR) is 87.8 cm³/mol. The number of aryl methyl sites for hydroxylation is 1. The van der Waals surface area contributed by atoms with Crippen LogP contribution in [-0.4, -0.2) is 32.2 Å². The van der Waals surface area contributed by atoms with Gasteiger partial charge in [0.2, 0.25) is 5.91 Å². The number of carbonyl (C=O) groups is 1. The molecule has 1 amide bonds. The van der Waals surface area contributed by atoms with Gasteiger partial charge in [0.25, 0.3) is 0 Å². The second-order valence-corrected chi connectivity index (χ2v) is 5.62. The Hall–Kier alpha value is -2.96. The van der Waals surface area contributed by atoms with Gasteiger partial charge >= 0.3 is 0 Å². The molecular weight excluding hydrogens is 292 g/mol. The van der Waals surface area contributed by atoms with Gasteiger partial charge in [-0.05, 0) is 30.2 Å². The second kappa shape index (κ2) is 5.05. The van der Waals surface area contributed by atoms with Crippen LogP contribution in [0, 0.1) is 0 Å². The van der Waals surface area contributed by atoms with E-state index in [0.29, 0.717) is 0 Å². The van der Waals surface area contributed by atoms with Crippen molar-refractivity contribution < 1.29 is 4.79 Å². The van der Waals surface area contributed by atoms with Crippen molar-refractivity contribution in [3.05, 3.63) is 36.3 Å². The number of fused-ring (bicyclic) bond motifs is 2. The molecular formula is C16H16N6O. The molecule has 0 atom stereocenters. The van der Waals surface area contributed by atoms with E-state index in [1.807, 2.05) is 24.1 Å². The van der Waals surface area contributed by atoms with Crippen LogP contribution in [0.4, 0.5) is 17.2 Å². The van der Waals surface area contributed by atoms with E-state index in [4.69, 9.17) is 0 Å². The summed E-state index contributed by atoms with van der Waals surface area (Å²) >= 11 is 0. The summed E-state index contributed by atoms with van der Waals surface area (Å²) in [5, 5.41) is 8.42. The smallest absolute Gasteiger partial charge is 0.223 e. The van der Waals surface area contributed by atoms with Crippen LogP contribution in [0.15, 0.2) is 30.7 Å². The molecule has 1 aromatic carbocycles. The van der Waals surface area contributed by atoms with Crippen molar-refractivity contribution in [2.24, 2.45) is 7.05 Å². The SMILES string of the molecule is CC(=O)N1CCc2cc(Nc3ncnc4c3cnn4C)ccc21. The fourth-order valence-corrected chi connectivity index (χ4v) is 3.00. The van der Waals surface area contributed by atoms with Gasteiger partial charge < -0.3 is 10.2 Å². The van der Waals surface area contributed by atoms with Crippen molar-refractivity contribution in [1.29, 1.82) is 0 Å². The summed E-state index contributed by atoms with van der Waals surface area (Å²) in [6, 6.07) is 6.01. The Balaban J connectivity index is 1.68. The van der Waals surface area contributed by atoms with E-state index in [1.165, 1.54) is 11.9 Å². The molecule has 0 saturated heterocycles. The maximum atomic E-state index is 11.6. The van der Waals surface area contributed by atoms with Crippen LogP contribution in [0.5, 0.6) is 0 Å². The quantitative estimate of drug-likeness (QED) is 0.784. The van der Waals surface area contributed by atoms with Crippen LogP contribution >= 0.6 is 0 Å². The molecule has 23 heavy (non-hydrogen) atoms. The average Bonchev–Trinajstić information content (AvgIpc) is 3.12. The fourth-order valence-electron chi connectivity index (χ4n) is 3.00. The Morgan fingerprint density at radius 3 is 3.00 bits per heavy atom. The van der Waals surface area contributed by atoms with E-state index >= 15 is 0 Å². The molecule has 4 rings (SSSR count). The van der Waals surface area contributed by atoms with Gasteiger partial charge in [-0.3, -0.25) is 9.48 Å². The maximum absolute atomic E-state index is 11.6. The van der Waals surface area contributed by atoms with E-state index in [0.717, 1.165) is 41.2 Å². The molecule has 1 aliphatic rings. The van der Waals surface area contributed by atoms with Crippen LogP contribution in [-0.2, 0) is 18.3 Å². The molecule has 0 unspecified atom stereocenters. The average molecular weight is 308 g/mol. The maximum Gasteiger partial charge on any atom is 0.223 e. The number of amides is 1. The third-order valence-corrected chi connectivity index (χ3v) is 4.15. The summed E-state index contributed by atoms with van der Waals surface area (Å²) in [6.07, 6.45) is 4.15. The zero-order valence-corrected chi connectivity index (χ0v) is 12.9. The van der Waals surface area contributed by atoms with Gasteiger partial charge in [0.15, 0.2) is 5.65 Å². The van der Waals surface area contributed by atoms with E-state index < -0.39 is 0 Å². The summed E-state index contributed by atoms with van der Waals surface area (Å²) in [5.74, 6) is 0.807. The topological polar surface area (TPSA) is 75.9 Å². The lowest BCUT2D eigenvalue weighted by molar-refractivity contribution is -0.116. The summed E-state index contributed by atoms with van der Waals surface area (Å²) in [5.41, 5.74) is 3.89. The number of rotatable bonds is 2. The van der Waals surface area contributed by atoms with Crippen LogP contribution in [0.1, 0.15) is 12.5 Å². The van der Waals surface area contributed by atoms with Gasteiger partial charge in [0, 0.05) is 31.9 Å². The van der Waals surface area contributed by atoms with Crippen molar-refractivity contribution in [2.45, 2.75) is 13.3 Å². The Morgan fingerprint density at radius 1 is 1.30 bits per heavy atom. The zero-order chi connectivity index (χ0) is 16.0. The third-order valence-electron chi connectivity index (χ3n) is 4.15. The largest absolute Gasteiger partial charge is 0.340 e. The highest BCUT2D eigenvalue weighted by molar-refractivity contribution is 5.94. The fraction of sp³-hybridized carbons (Fsp3) is 0.250. The third kappa shape index (κ3) is 2.21. The minimum absolute atomic E-state index is 0.0809. The van der Waals surface area contributed by atoms with E-state index in [2.05, 4.69) is 26.4 Å². The van der Waals surface area contributed by atoms with E-state index in [1.54, 1.807) is 17.8 Å². The molecule has 7 heteroatoms. The number of hydrogen-bond acceptors (Lipinski definition) is 5. The van der Waals surface area contributed by atoms with Crippen molar-refractivity contribution in [3.63, 3.8) is 0 Å². The van der Waals surface area contributed by atoms with Crippen molar-refractivity contribution in [3.8, 4) is 0 Å². The first-order valence-electron chi connectivity index (χ1n) is 7.44. The molecule has 1 N–H and O–H groups in total. The molecule has 1 aliphatic heterocycles. The molecule has 116 valence electrons. The number of nitrogens with one attached hydrogen (secondary N) is 1. The molecule has 7 nitrogen and oxygen atoms in total. The molecule has 3 aromatic rings. The second-order valence-electron chi connectivity index (χ2n) is 5.62. The van der Waals surface area contributed by atoms with Gasteiger partial charge in [-0.15, -0.1) is 0 Å². The number of carbonyl (C=O) groups excluding carboxylic acids is 1. The standard InChI is InChI=1S/C16H16N6O/c1-10(23)22-6-5-11-7-12(3-4-14(11)22)20-15-13-8-19-21(2)16(13)18-9-17-15/h3-4,7-9H,5-6H2,1-2H3,(H,17,18,20). The lowest BCUT2D eigenvalue weighted by atomic mass is 10.1. The Labute approximate surface area is 133 Å². The van der Waals surface area contributed by atoms with Crippen LogP contribution in [0.3, 0.4) is 0 Å². The highest BCUT2D eigenvalue weighted by atomic mass is 16.2. The van der Waals surface area contributed by atoms with E-state index in [9.17, 15) is 4.79 Å². The first kappa shape index (κ1) is 13.7. The molecule has 0 fully saturated rings. The molecule has 2 aromatic heterocycles. The first-order chi connectivity index (χ1) is 11.1. The lowest BCUT2D eigenvalue weighted by Crippen LogP contribution is -2.25. The number of hydrogen-bond donors (Lipinski definition) is 1. The Morgan fingerprint density at radius 2 is 2.17 bits per heavy atom. The molecule has 0 aliphatic carbocycles. The number of anilines is 3. The van der Waals surface area contributed by atoms with Crippen LogP contribution < -0.4 is 10.2 Å². The molecule has 0 spiro atoms. The van der Waals surface area contributed by atoms with E-state index in [-0.39, 0.29) is 5.91 Å². The summed E-state index contributed by atoms with van der Waals surface area (Å²) in [6.45, 7) is 2.34. The molecule has 3 heterocycles. The highest BCUT2D eigenvalue weighted by Gasteiger charge is 2.22. The van der Waals surface area contributed by atoms with Gasteiger partial charge in [0.1, 0.15) is 12.1 Å². The normalized spacial score (nSPS) is 13.4.